The van der Waals surface area contributed by atoms with Gasteiger partial charge in [-0.2, -0.15) is 5.26 Å². The molecule has 6 heteroatoms. The van der Waals surface area contributed by atoms with Crippen LogP contribution in [0.1, 0.15) is 10.4 Å². The normalized spacial score (nSPS) is 11.4. The lowest BCUT2D eigenvalue weighted by Crippen LogP contribution is -2.32. The molecule has 0 bridgehead atoms. The molecule has 1 amide bonds. The largest absolute Gasteiger partial charge is 0.358 e. The molecule has 1 N–H and O–H groups in total. The molecule has 1 atom stereocenters. The third kappa shape index (κ3) is 2.88. The third-order valence-corrected chi connectivity index (χ3v) is 2.71. The second-order valence-electron chi connectivity index (χ2n) is 3.17. The summed E-state index contributed by atoms with van der Waals surface area (Å²) in [5.41, 5.74) is 0.105. The summed E-state index contributed by atoms with van der Waals surface area (Å²) in [4.78, 5) is 23.1. The van der Waals surface area contributed by atoms with E-state index in [1.54, 1.807) is 6.07 Å². The number of halogens is 2. The van der Waals surface area contributed by atoms with Crippen LogP contribution in [0.2, 0.25) is 0 Å². The SMILES string of the molecule is CNC(=O)C(C#N)C(=O)c1ccc(F)c(Br)c1. The van der Waals surface area contributed by atoms with E-state index in [1.165, 1.54) is 19.2 Å². The highest BCUT2D eigenvalue weighted by Gasteiger charge is 2.26. The van der Waals surface area contributed by atoms with Gasteiger partial charge in [-0.05, 0) is 34.1 Å². The molecule has 0 heterocycles. The van der Waals surface area contributed by atoms with Gasteiger partial charge in [0.1, 0.15) is 5.82 Å². The minimum absolute atomic E-state index is 0.105. The number of nitriles is 1. The quantitative estimate of drug-likeness (QED) is 0.681. The van der Waals surface area contributed by atoms with Crippen molar-refractivity contribution in [1.82, 2.24) is 5.32 Å². The van der Waals surface area contributed by atoms with Crippen LogP contribution in [0, 0.1) is 23.1 Å². The zero-order valence-electron chi connectivity index (χ0n) is 8.83. The van der Waals surface area contributed by atoms with Gasteiger partial charge in [-0.25, -0.2) is 4.39 Å². The van der Waals surface area contributed by atoms with Crippen LogP contribution in [0.4, 0.5) is 4.39 Å². The van der Waals surface area contributed by atoms with Crippen molar-refractivity contribution in [2.45, 2.75) is 0 Å². The Labute approximate surface area is 106 Å². The summed E-state index contributed by atoms with van der Waals surface area (Å²) in [5, 5.41) is 11.0. The molecular weight excluding hydrogens is 291 g/mol. The molecule has 0 saturated heterocycles. The summed E-state index contributed by atoms with van der Waals surface area (Å²) in [7, 11) is 1.33. The van der Waals surface area contributed by atoms with Crippen molar-refractivity contribution in [3.8, 4) is 6.07 Å². The first-order valence-corrected chi connectivity index (χ1v) is 5.41. The zero-order valence-corrected chi connectivity index (χ0v) is 10.4. The lowest BCUT2D eigenvalue weighted by molar-refractivity contribution is -0.121. The average Bonchev–Trinajstić information content (AvgIpc) is 2.33. The predicted molar refractivity (Wildman–Crippen MR) is 61.6 cm³/mol. The second-order valence-corrected chi connectivity index (χ2v) is 4.02. The van der Waals surface area contributed by atoms with Crippen LogP contribution >= 0.6 is 15.9 Å². The van der Waals surface area contributed by atoms with Crippen LogP contribution in [0.25, 0.3) is 0 Å². The number of carbonyl (C=O) groups is 2. The Kier molecular flexibility index (Phi) is 4.35. The summed E-state index contributed by atoms with van der Waals surface area (Å²) < 4.78 is 13.1. The molecule has 4 nitrogen and oxygen atoms in total. The van der Waals surface area contributed by atoms with E-state index in [0.29, 0.717) is 0 Å². The molecule has 1 aromatic rings. The monoisotopic (exact) mass is 298 g/mol. The van der Waals surface area contributed by atoms with Crippen LogP contribution in [-0.4, -0.2) is 18.7 Å². The summed E-state index contributed by atoms with van der Waals surface area (Å²) in [6.45, 7) is 0. The van der Waals surface area contributed by atoms with Crippen LogP contribution in [0.3, 0.4) is 0 Å². The van der Waals surface area contributed by atoms with Crippen LogP contribution in [0.15, 0.2) is 22.7 Å². The molecule has 0 aliphatic carbocycles. The van der Waals surface area contributed by atoms with Crippen molar-refractivity contribution in [3.63, 3.8) is 0 Å². The maximum absolute atomic E-state index is 13.0. The number of amides is 1. The molecule has 0 spiro atoms. The fourth-order valence-electron chi connectivity index (χ4n) is 1.20. The van der Waals surface area contributed by atoms with E-state index in [9.17, 15) is 14.0 Å². The van der Waals surface area contributed by atoms with Gasteiger partial charge in [0.25, 0.3) is 0 Å². The fraction of sp³-hybridized carbons (Fsp3) is 0.182. The lowest BCUT2D eigenvalue weighted by Gasteiger charge is -2.07. The molecule has 0 radical (unpaired) electrons. The van der Waals surface area contributed by atoms with Crippen molar-refractivity contribution in [3.05, 3.63) is 34.1 Å². The minimum Gasteiger partial charge on any atom is -0.358 e. The summed E-state index contributed by atoms with van der Waals surface area (Å²) in [6.07, 6.45) is 0. The molecular formula is C11H8BrFN2O2. The van der Waals surface area contributed by atoms with Gasteiger partial charge >= 0.3 is 0 Å². The minimum atomic E-state index is -1.42. The van der Waals surface area contributed by atoms with E-state index in [-0.39, 0.29) is 10.0 Å². The average molecular weight is 299 g/mol. The fourth-order valence-corrected chi connectivity index (χ4v) is 1.58. The first kappa shape index (κ1) is 13.3. The number of ketones is 1. The Bertz CT molecular complexity index is 511. The van der Waals surface area contributed by atoms with E-state index in [1.807, 2.05) is 0 Å². The molecule has 0 aromatic heterocycles. The highest BCUT2D eigenvalue weighted by Crippen LogP contribution is 2.19. The van der Waals surface area contributed by atoms with Crippen LogP contribution in [0.5, 0.6) is 0 Å². The number of carbonyl (C=O) groups excluding carboxylic acids is 2. The van der Waals surface area contributed by atoms with Crippen molar-refractivity contribution in [1.29, 1.82) is 5.26 Å². The maximum Gasteiger partial charge on any atom is 0.245 e. The first-order chi connectivity index (χ1) is 8.01. The number of nitrogens with one attached hydrogen (secondary N) is 1. The molecule has 1 unspecified atom stereocenters. The van der Waals surface area contributed by atoms with Gasteiger partial charge in [0, 0.05) is 12.6 Å². The van der Waals surface area contributed by atoms with Gasteiger partial charge in [-0.3, -0.25) is 9.59 Å². The number of nitrogens with zero attached hydrogens (tertiary/aromatic N) is 1. The highest BCUT2D eigenvalue weighted by atomic mass is 79.9. The van der Waals surface area contributed by atoms with Gasteiger partial charge in [-0.1, -0.05) is 0 Å². The van der Waals surface area contributed by atoms with E-state index in [4.69, 9.17) is 5.26 Å². The number of Topliss-reactive ketones (excluding diaryl/α,β-unsaturated/α-hetero) is 1. The highest BCUT2D eigenvalue weighted by molar-refractivity contribution is 9.10. The van der Waals surface area contributed by atoms with Crippen molar-refractivity contribution in [2.75, 3.05) is 7.05 Å². The van der Waals surface area contributed by atoms with Crippen LogP contribution < -0.4 is 5.32 Å². The predicted octanol–water partition coefficient (Wildman–Crippen LogP) is 1.66. The number of hydrogen-bond donors (Lipinski definition) is 1. The summed E-state index contributed by atoms with van der Waals surface area (Å²) in [5.74, 6) is -3.28. The van der Waals surface area contributed by atoms with Gasteiger partial charge in [0.15, 0.2) is 11.7 Å². The molecule has 1 aromatic carbocycles. The number of hydrogen-bond acceptors (Lipinski definition) is 3. The Morgan fingerprint density at radius 1 is 1.53 bits per heavy atom. The van der Waals surface area contributed by atoms with E-state index in [0.717, 1.165) is 6.07 Å². The third-order valence-electron chi connectivity index (χ3n) is 2.10. The van der Waals surface area contributed by atoms with Gasteiger partial charge < -0.3 is 5.32 Å². The first-order valence-electron chi connectivity index (χ1n) is 4.61. The number of rotatable bonds is 3. The van der Waals surface area contributed by atoms with E-state index < -0.39 is 23.4 Å². The second kappa shape index (κ2) is 5.55. The molecule has 88 valence electrons. The Balaban J connectivity index is 3.07. The summed E-state index contributed by atoms with van der Waals surface area (Å²) >= 11 is 2.93. The smallest absolute Gasteiger partial charge is 0.245 e. The molecule has 0 aliphatic heterocycles. The Morgan fingerprint density at radius 3 is 2.65 bits per heavy atom. The van der Waals surface area contributed by atoms with Crippen molar-refractivity contribution >= 4 is 27.6 Å². The molecule has 0 aliphatic rings. The van der Waals surface area contributed by atoms with Gasteiger partial charge in [0.2, 0.25) is 5.91 Å². The van der Waals surface area contributed by atoms with E-state index in [2.05, 4.69) is 21.2 Å². The maximum atomic E-state index is 13.0. The van der Waals surface area contributed by atoms with Crippen molar-refractivity contribution in [2.24, 2.45) is 5.92 Å². The number of benzene rings is 1. The standard InChI is InChI=1S/C11H8BrFN2O2/c1-15-11(17)7(5-14)10(16)6-2-3-9(13)8(12)4-6/h2-4,7H,1H3,(H,15,17). The van der Waals surface area contributed by atoms with Gasteiger partial charge in [0.05, 0.1) is 10.5 Å². The van der Waals surface area contributed by atoms with Crippen molar-refractivity contribution < 1.29 is 14.0 Å². The zero-order chi connectivity index (χ0) is 13.0. The molecule has 1 rings (SSSR count). The van der Waals surface area contributed by atoms with E-state index >= 15 is 0 Å². The Morgan fingerprint density at radius 2 is 2.18 bits per heavy atom. The van der Waals surface area contributed by atoms with Gasteiger partial charge in [-0.15, -0.1) is 0 Å². The molecule has 0 saturated carbocycles. The molecule has 17 heavy (non-hydrogen) atoms. The Hall–Kier alpha value is -1.74. The summed E-state index contributed by atoms with van der Waals surface area (Å²) in [6, 6.07) is 5.18. The topological polar surface area (TPSA) is 70.0 Å². The lowest BCUT2D eigenvalue weighted by atomic mass is 9.98. The van der Waals surface area contributed by atoms with Crippen LogP contribution in [-0.2, 0) is 4.79 Å². The molecule has 0 fully saturated rings.